The number of carbonyl (C=O) groups is 2. The van der Waals surface area contributed by atoms with Gasteiger partial charge in [-0.3, -0.25) is 13.9 Å². The van der Waals surface area contributed by atoms with Gasteiger partial charge in [0.1, 0.15) is 5.69 Å². The van der Waals surface area contributed by atoms with Crippen molar-refractivity contribution in [2.45, 2.75) is 43.4 Å². The van der Waals surface area contributed by atoms with Crippen molar-refractivity contribution in [2.75, 3.05) is 44.4 Å². The Bertz CT molecular complexity index is 1180. The molecule has 1 unspecified atom stereocenters. The number of allylic oxidation sites excluding steroid dienone is 2. The number of aliphatic carboxylic acids is 1. The van der Waals surface area contributed by atoms with Gasteiger partial charge in [-0.2, -0.15) is 13.2 Å². The number of amides is 1. The molecule has 1 aromatic carbocycles. The third-order valence-corrected chi connectivity index (χ3v) is 6.85. The molecular weight excluding hydrogens is 525 g/mol. The monoisotopic (exact) mass is 556 g/mol. The Labute approximate surface area is 220 Å². The fraction of sp³-hybridized carbons (Fsp3) is 0.480. The van der Waals surface area contributed by atoms with Crippen LogP contribution in [0.15, 0.2) is 35.6 Å². The van der Waals surface area contributed by atoms with Crippen LogP contribution in [0.2, 0.25) is 0 Å². The summed E-state index contributed by atoms with van der Waals surface area (Å²) >= 11 is 0. The molecule has 1 saturated heterocycles. The first-order valence-electron chi connectivity index (χ1n) is 12.2. The highest BCUT2D eigenvalue weighted by molar-refractivity contribution is 7.84. The summed E-state index contributed by atoms with van der Waals surface area (Å²) in [5.41, 5.74) is 4.80. The summed E-state index contributed by atoms with van der Waals surface area (Å²) < 4.78 is 48.8. The number of nitrogens with zero attached hydrogens (tertiary/aromatic N) is 2. The maximum Gasteiger partial charge on any atom is 0.490 e. The number of hydrogen-bond acceptors (Lipinski definition) is 6. The summed E-state index contributed by atoms with van der Waals surface area (Å²) in [4.78, 5) is 31.0. The van der Waals surface area contributed by atoms with Crippen molar-refractivity contribution in [3.8, 4) is 0 Å². The lowest BCUT2D eigenvalue weighted by Gasteiger charge is -2.26. The normalized spacial score (nSPS) is 17.1. The molecule has 4 rings (SSSR count). The van der Waals surface area contributed by atoms with Crippen molar-refractivity contribution < 1.29 is 36.8 Å². The lowest BCUT2D eigenvalue weighted by atomic mass is 9.91. The van der Waals surface area contributed by atoms with E-state index in [0.717, 1.165) is 63.4 Å². The number of aromatic amines is 1. The Morgan fingerprint density at radius 2 is 1.95 bits per heavy atom. The van der Waals surface area contributed by atoms with E-state index in [1.165, 1.54) is 36.4 Å². The van der Waals surface area contributed by atoms with Crippen LogP contribution in [0.5, 0.6) is 0 Å². The molecule has 2 aromatic rings. The SMILES string of the molecule is CS(=O)c1ncc(C(=O)Nc2ccc(CCN3CCOCC3)cc2C2=CCCCC2)[nH]1.O=C(O)C(F)(F)F. The number of aromatic nitrogens is 2. The van der Waals surface area contributed by atoms with Crippen LogP contribution in [-0.2, 0) is 26.8 Å². The molecule has 13 heteroatoms. The van der Waals surface area contributed by atoms with Crippen LogP contribution in [0.3, 0.4) is 0 Å². The van der Waals surface area contributed by atoms with Gasteiger partial charge in [-0.25, -0.2) is 9.78 Å². The Hall–Kier alpha value is -3.03. The molecule has 9 nitrogen and oxygen atoms in total. The van der Waals surface area contributed by atoms with Gasteiger partial charge in [0.15, 0.2) is 5.16 Å². The second-order valence-electron chi connectivity index (χ2n) is 8.87. The van der Waals surface area contributed by atoms with Crippen LogP contribution in [0.4, 0.5) is 18.9 Å². The number of carboxylic acid groups (broad SMARTS) is 1. The van der Waals surface area contributed by atoms with Gasteiger partial charge in [0.2, 0.25) is 0 Å². The van der Waals surface area contributed by atoms with E-state index in [-0.39, 0.29) is 5.91 Å². The number of benzene rings is 1. The van der Waals surface area contributed by atoms with Crippen molar-refractivity contribution in [1.82, 2.24) is 14.9 Å². The van der Waals surface area contributed by atoms with Gasteiger partial charge in [-0.15, -0.1) is 0 Å². The van der Waals surface area contributed by atoms with Crippen LogP contribution in [-0.4, -0.2) is 81.3 Å². The van der Waals surface area contributed by atoms with Gasteiger partial charge < -0.3 is 20.1 Å². The molecule has 1 aliphatic carbocycles. The molecule has 1 aliphatic heterocycles. The molecule has 1 fully saturated rings. The van der Waals surface area contributed by atoms with Crippen molar-refractivity contribution in [2.24, 2.45) is 0 Å². The molecule has 3 N–H and O–H groups in total. The number of imidazole rings is 1. The number of nitrogens with one attached hydrogen (secondary N) is 2. The third-order valence-electron chi connectivity index (χ3n) is 6.10. The minimum atomic E-state index is -5.08. The molecule has 2 aliphatic rings. The Morgan fingerprint density at radius 3 is 2.53 bits per heavy atom. The molecule has 38 heavy (non-hydrogen) atoms. The number of carboxylic acids is 1. The summed E-state index contributed by atoms with van der Waals surface area (Å²) in [6.07, 6.45) is 5.64. The molecule has 2 heterocycles. The molecule has 0 bridgehead atoms. The highest BCUT2D eigenvalue weighted by Crippen LogP contribution is 2.33. The second-order valence-corrected chi connectivity index (χ2v) is 10.2. The summed E-state index contributed by atoms with van der Waals surface area (Å²) in [6.45, 7) is 4.61. The first-order valence-corrected chi connectivity index (χ1v) is 13.7. The van der Waals surface area contributed by atoms with E-state index < -0.39 is 22.9 Å². The average molecular weight is 557 g/mol. The van der Waals surface area contributed by atoms with E-state index in [1.807, 2.05) is 6.07 Å². The first kappa shape index (κ1) is 29.5. The smallest absolute Gasteiger partial charge is 0.475 e. The molecule has 1 atom stereocenters. The minimum absolute atomic E-state index is 0.275. The van der Waals surface area contributed by atoms with Crippen LogP contribution < -0.4 is 5.32 Å². The van der Waals surface area contributed by atoms with Crippen LogP contribution >= 0.6 is 0 Å². The third kappa shape index (κ3) is 8.77. The number of morpholine rings is 1. The fourth-order valence-electron chi connectivity index (χ4n) is 4.07. The highest BCUT2D eigenvalue weighted by atomic mass is 32.2. The number of anilines is 1. The van der Waals surface area contributed by atoms with Crippen molar-refractivity contribution in [3.63, 3.8) is 0 Å². The summed E-state index contributed by atoms with van der Waals surface area (Å²) in [5.74, 6) is -3.03. The number of hydrogen-bond donors (Lipinski definition) is 3. The summed E-state index contributed by atoms with van der Waals surface area (Å²) in [6, 6.07) is 6.34. The van der Waals surface area contributed by atoms with Gasteiger partial charge in [0, 0.05) is 37.1 Å². The van der Waals surface area contributed by atoms with Crippen LogP contribution in [0.25, 0.3) is 5.57 Å². The Kier molecular flexibility index (Phi) is 10.6. The highest BCUT2D eigenvalue weighted by Gasteiger charge is 2.38. The minimum Gasteiger partial charge on any atom is -0.475 e. The molecule has 1 amide bonds. The maximum atomic E-state index is 12.8. The molecule has 1 aromatic heterocycles. The average Bonchev–Trinajstić information content (AvgIpc) is 3.40. The van der Waals surface area contributed by atoms with Gasteiger partial charge >= 0.3 is 12.1 Å². The topological polar surface area (TPSA) is 125 Å². The predicted molar refractivity (Wildman–Crippen MR) is 136 cm³/mol. The van der Waals surface area contributed by atoms with Crippen LogP contribution in [0.1, 0.15) is 47.3 Å². The number of carbonyl (C=O) groups excluding carboxylic acids is 1. The zero-order valence-corrected chi connectivity index (χ0v) is 21.8. The summed E-state index contributed by atoms with van der Waals surface area (Å²) in [5, 5.41) is 10.5. The number of halogens is 3. The van der Waals surface area contributed by atoms with Crippen LogP contribution in [0, 0.1) is 0 Å². The number of alkyl halides is 3. The van der Waals surface area contributed by atoms with E-state index in [2.05, 4.69) is 38.4 Å². The van der Waals surface area contributed by atoms with Gasteiger partial charge in [0.05, 0.1) is 30.2 Å². The molecule has 0 radical (unpaired) electrons. The van der Waals surface area contributed by atoms with Gasteiger partial charge in [0.25, 0.3) is 5.91 Å². The van der Waals surface area contributed by atoms with Crippen molar-refractivity contribution >= 4 is 33.9 Å². The van der Waals surface area contributed by atoms with Gasteiger partial charge in [-0.05, 0) is 55.4 Å². The first-order chi connectivity index (χ1) is 18.0. The number of H-pyrrole nitrogens is 1. The van der Waals surface area contributed by atoms with E-state index in [0.29, 0.717) is 10.9 Å². The maximum absolute atomic E-state index is 12.8. The zero-order valence-electron chi connectivity index (χ0n) is 21.0. The zero-order chi connectivity index (χ0) is 27.7. The Balaban J connectivity index is 0.000000505. The van der Waals surface area contributed by atoms with E-state index >= 15 is 0 Å². The fourth-order valence-corrected chi connectivity index (χ4v) is 4.53. The van der Waals surface area contributed by atoms with Gasteiger partial charge in [-0.1, -0.05) is 12.1 Å². The predicted octanol–water partition coefficient (Wildman–Crippen LogP) is 3.86. The Morgan fingerprint density at radius 1 is 1.24 bits per heavy atom. The van der Waals surface area contributed by atoms with Crippen molar-refractivity contribution in [3.05, 3.63) is 47.3 Å². The summed E-state index contributed by atoms with van der Waals surface area (Å²) in [7, 11) is -1.25. The van der Waals surface area contributed by atoms with E-state index in [4.69, 9.17) is 14.6 Å². The number of ether oxygens (including phenoxy) is 1. The largest absolute Gasteiger partial charge is 0.490 e. The quantitative estimate of drug-likeness (QED) is 0.473. The van der Waals surface area contributed by atoms with E-state index in [1.54, 1.807) is 0 Å². The molecule has 208 valence electrons. The van der Waals surface area contributed by atoms with E-state index in [9.17, 15) is 22.2 Å². The lowest BCUT2D eigenvalue weighted by Crippen LogP contribution is -2.37. The number of rotatable bonds is 7. The van der Waals surface area contributed by atoms with Crippen molar-refractivity contribution in [1.29, 1.82) is 0 Å². The standard InChI is InChI=1S/C23H30N4O3S.C2HF3O2/c1-31(29)23-24-16-21(26-23)22(28)25-20-8-7-17(9-10-27-11-13-30-14-12-27)15-19(20)18-5-3-2-4-6-18;3-2(4,5)1(6)7/h5,7-8,15-16H,2-4,6,9-14H2,1H3,(H,24,26)(H,25,28);(H,6,7). The molecule has 0 saturated carbocycles. The molecular formula is C25H31F3N4O5S. The lowest BCUT2D eigenvalue weighted by molar-refractivity contribution is -0.192. The second kappa shape index (κ2) is 13.7. The molecule has 0 spiro atoms.